The van der Waals surface area contributed by atoms with Crippen LogP contribution < -0.4 is 5.73 Å². The summed E-state index contributed by atoms with van der Waals surface area (Å²) in [6, 6.07) is 15.0. The largest absolute Gasteiger partial charge is 0.375 e. The molecular weight excluding hydrogens is 314 g/mol. The van der Waals surface area contributed by atoms with Gasteiger partial charge < -0.3 is 5.73 Å². The van der Waals surface area contributed by atoms with Gasteiger partial charge >= 0.3 is 0 Å². The fourth-order valence-corrected chi connectivity index (χ4v) is 4.20. The highest BCUT2D eigenvalue weighted by molar-refractivity contribution is 7.15. The molecule has 0 atom stereocenters. The van der Waals surface area contributed by atoms with Crippen molar-refractivity contribution < 1.29 is 0 Å². The van der Waals surface area contributed by atoms with E-state index in [9.17, 15) is 0 Å². The summed E-state index contributed by atoms with van der Waals surface area (Å²) in [4.78, 5) is 8.32. The average Bonchev–Trinajstić information content (AvgIpc) is 2.86. The smallest absolute Gasteiger partial charge is 0.180 e. The van der Waals surface area contributed by atoms with Crippen LogP contribution in [0.25, 0.3) is 16.8 Å². The third-order valence-electron chi connectivity index (χ3n) is 4.60. The van der Waals surface area contributed by atoms with Crippen LogP contribution in [-0.4, -0.2) is 29.5 Å². The molecule has 0 radical (unpaired) electrons. The summed E-state index contributed by atoms with van der Waals surface area (Å²) in [5.74, 6) is 0. The second-order valence-electron chi connectivity index (χ2n) is 6.19. The first kappa shape index (κ1) is 15.4. The molecule has 24 heavy (non-hydrogen) atoms. The fraction of sp³-hybridized carbons (Fsp3) is 0.250. The first-order valence-corrected chi connectivity index (χ1v) is 9.22. The van der Waals surface area contributed by atoms with Crippen molar-refractivity contribution in [2.45, 2.75) is 12.8 Å². The number of fused-ring (bicyclic) bond motifs is 2. The van der Waals surface area contributed by atoms with Gasteiger partial charge in [0.25, 0.3) is 0 Å². The molecule has 0 fully saturated rings. The number of hydrogen-bond acceptors (Lipinski definition) is 4. The molecule has 2 heterocycles. The zero-order valence-electron chi connectivity index (χ0n) is 13.6. The third-order valence-corrected chi connectivity index (χ3v) is 5.59. The van der Waals surface area contributed by atoms with E-state index in [2.05, 4.69) is 64.5 Å². The zero-order valence-corrected chi connectivity index (χ0v) is 14.4. The first-order chi connectivity index (χ1) is 11.8. The maximum absolute atomic E-state index is 5.82. The van der Waals surface area contributed by atoms with Gasteiger partial charge in [-0.1, -0.05) is 54.6 Å². The van der Waals surface area contributed by atoms with Crippen molar-refractivity contribution in [3.63, 3.8) is 0 Å². The Morgan fingerprint density at radius 1 is 1.08 bits per heavy atom. The van der Waals surface area contributed by atoms with E-state index in [0.717, 1.165) is 32.5 Å². The fourth-order valence-electron chi connectivity index (χ4n) is 3.34. The predicted molar refractivity (Wildman–Crippen MR) is 103 cm³/mol. The second kappa shape index (κ2) is 6.75. The number of thiazole rings is 1. The number of anilines is 1. The Balaban J connectivity index is 1.43. The van der Waals surface area contributed by atoms with Gasteiger partial charge in [0, 0.05) is 30.9 Å². The van der Waals surface area contributed by atoms with Gasteiger partial charge in [-0.2, -0.15) is 0 Å². The molecule has 2 N–H and O–H groups in total. The van der Waals surface area contributed by atoms with Gasteiger partial charge in [0.15, 0.2) is 5.13 Å². The minimum Gasteiger partial charge on any atom is -0.375 e. The molecule has 0 unspecified atom stereocenters. The SMILES string of the molecule is Nc1nc2c(s1)CCN(C/C=C/c1cccc3ccccc13)CC2. The molecule has 4 heteroatoms. The Bertz CT molecular complexity index is 851. The molecule has 1 aliphatic heterocycles. The molecular formula is C20H21N3S. The molecule has 0 saturated carbocycles. The minimum absolute atomic E-state index is 0.712. The number of nitrogen functional groups attached to an aromatic ring is 1. The van der Waals surface area contributed by atoms with E-state index >= 15 is 0 Å². The van der Waals surface area contributed by atoms with E-state index in [1.807, 2.05) is 0 Å². The highest BCUT2D eigenvalue weighted by atomic mass is 32.1. The topological polar surface area (TPSA) is 42.1 Å². The first-order valence-electron chi connectivity index (χ1n) is 8.40. The summed E-state index contributed by atoms with van der Waals surface area (Å²) in [5.41, 5.74) is 8.31. The average molecular weight is 335 g/mol. The third kappa shape index (κ3) is 3.21. The van der Waals surface area contributed by atoms with Crippen LogP contribution in [0, 0.1) is 0 Å². The van der Waals surface area contributed by atoms with Crippen molar-refractivity contribution in [1.82, 2.24) is 9.88 Å². The maximum atomic E-state index is 5.82. The summed E-state index contributed by atoms with van der Waals surface area (Å²) in [5, 5.41) is 3.32. The monoisotopic (exact) mass is 335 g/mol. The molecule has 3 aromatic rings. The van der Waals surface area contributed by atoms with Gasteiger partial charge in [-0.25, -0.2) is 4.98 Å². The molecule has 122 valence electrons. The van der Waals surface area contributed by atoms with Crippen LogP contribution in [0.4, 0.5) is 5.13 Å². The number of nitrogens with zero attached hydrogens (tertiary/aromatic N) is 2. The normalized spacial score (nSPS) is 15.7. The van der Waals surface area contributed by atoms with Crippen LogP contribution in [0.15, 0.2) is 48.5 Å². The lowest BCUT2D eigenvalue weighted by atomic mass is 10.0. The lowest BCUT2D eigenvalue weighted by molar-refractivity contribution is 0.318. The molecule has 3 nitrogen and oxygen atoms in total. The van der Waals surface area contributed by atoms with E-state index in [-0.39, 0.29) is 0 Å². The Morgan fingerprint density at radius 3 is 2.88 bits per heavy atom. The maximum Gasteiger partial charge on any atom is 0.180 e. The zero-order chi connectivity index (χ0) is 16.4. The molecule has 1 aromatic heterocycles. The number of hydrogen-bond donors (Lipinski definition) is 1. The Kier molecular flexibility index (Phi) is 4.32. The molecule has 0 bridgehead atoms. The van der Waals surface area contributed by atoms with Crippen LogP contribution in [0.5, 0.6) is 0 Å². The van der Waals surface area contributed by atoms with Crippen molar-refractivity contribution in [3.05, 3.63) is 64.7 Å². The van der Waals surface area contributed by atoms with Gasteiger partial charge in [0.2, 0.25) is 0 Å². The van der Waals surface area contributed by atoms with Gasteiger partial charge in [-0.3, -0.25) is 4.90 Å². The molecule has 2 aromatic carbocycles. The lowest BCUT2D eigenvalue weighted by Crippen LogP contribution is -2.26. The van der Waals surface area contributed by atoms with Gasteiger partial charge in [0.05, 0.1) is 5.69 Å². The van der Waals surface area contributed by atoms with Crippen molar-refractivity contribution in [2.75, 3.05) is 25.4 Å². The quantitative estimate of drug-likeness (QED) is 0.787. The second-order valence-corrected chi connectivity index (χ2v) is 7.31. The molecule has 4 rings (SSSR count). The predicted octanol–water partition coefficient (Wildman–Crippen LogP) is 3.99. The van der Waals surface area contributed by atoms with Crippen molar-refractivity contribution in [1.29, 1.82) is 0 Å². The standard InChI is InChI=1S/C20H21N3S/c21-20-22-18-10-13-23(14-11-19(18)24-20)12-4-8-16-7-3-6-15-5-1-2-9-17(15)16/h1-9H,10-14H2,(H2,21,22)/b8-4+. The lowest BCUT2D eigenvalue weighted by Gasteiger charge is -2.17. The molecule has 0 aliphatic carbocycles. The summed E-state index contributed by atoms with van der Waals surface area (Å²) < 4.78 is 0. The van der Waals surface area contributed by atoms with Crippen LogP contribution >= 0.6 is 11.3 Å². The van der Waals surface area contributed by atoms with Crippen LogP contribution in [0.1, 0.15) is 16.1 Å². The Hall–Kier alpha value is -2.17. The number of rotatable bonds is 3. The highest BCUT2D eigenvalue weighted by Crippen LogP contribution is 2.24. The van der Waals surface area contributed by atoms with E-state index in [4.69, 9.17) is 5.73 Å². The van der Waals surface area contributed by atoms with E-state index < -0.39 is 0 Å². The van der Waals surface area contributed by atoms with E-state index in [0.29, 0.717) is 5.13 Å². The van der Waals surface area contributed by atoms with Crippen molar-refractivity contribution >= 4 is 33.3 Å². The summed E-state index contributed by atoms with van der Waals surface area (Å²) in [6.45, 7) is 3.11. The molecule has 1 aliphatic rings. The molecule has 0 spiro atoms. The van der Waals surface area contributed by atoms with Crippen molar-refractivity contribution in [3.8, 4) is 0 Å². The van der Waals surface area contributed by atoms with Crippen molar-refractivity contribution in [2.24, 2.45) is 0 Å². The summed E-state index contributed by atoms with van der Waals surface area (Å²) >= 11 is 1.65. The summed E-state index contributed by atoms with van der Waals surface area (Å²) in [6.07, 6.45) is 6.60. The van der Waals surface area contributed by atoms with Crippen LogP contribution in [0.2, 0.25) is 0 Å². The molecule has 0 saturated heterocycles. The highest BCUT2D eigenvalue weighted by Gasteiger charge is 2.16. The van der Waals surface area contributed by atoms with Gasteiger partial charge in [-0.15, -0.1) is 11.3 Å². The Morgan fingerprint density at radius 2 is 1.92 bits per heavy atom. The Labute approximate surface area is 146 Å². The van der Waals surface area contributed by atoms with Crippen LogP contribution in [0.3, 0.4) is 0 Å². The van der Waals surface area contributed by atoms with Gasteiger partial charge in [0.1, 0.15) is 0 Å². The number of nitrogens with two attached hydrogens (primary N) is 1. The minimum atomic E-state index is 0.712. The summed E-state index contributed by atoms with van der Waals surface area (Å²) in [7, 11) is 0. The molecule has 0 amide bonds. The number of benzene rings is 2. The number of aromatic nitrogens is 1. The van der Waals surface area contributed by atoms with E-state index in [1.165, 1.54) is 26.9 Å². The van der Waals surface area contributed by atoms with Crippen LogP contribution in [-0.2, 0) is 12.8 Å². The van der Waals surface area contributed by atoms with E-state index in [1.54, 1.807) is 11.3 Å². The van der Waals surface area contributed by atoms with Gasteiger partial charge in [-0.05, 0) is 22.8 Å².